The molecule has 1 aliphatic heterocycles. The van der Waals surface area contributed by atoms with Crippen molar-refractivity contribution < 1.29 is 0 Å². The lowest BCUT2D eigenvalue weighted by Gasteiger charge is -2.18. The summed E-state index contributed by atoms with van der Waals surface area (Å²) in [6.45, 7) is 4.95. The number of nitrogens with zero attached hydrogens (tertiary/aromatic N) is 3. The highest BCUT2D eigenvalue weighted by Crippen LogP contribution is 2.23. The van der Waals surface area contributed by atoms with E-state index in [-0.39, 0.29) is 0 Å². The van der Waals surface area contributed by atoms with Crippen LogP contribution in [0.4, 0.5) is 11.5 Å². The molecular weight excluding hydrogens is 284 g/mol. The molecule has 0 unspecified atom stereocenters. The highest BCUT2D eigenvalue weighted by molar-refractivity contribution is 6.29. The fourth-order valence-electron chi connectivity index (χ4n) is 2.74. The largest absolute Gasteiger partial charge is 0.371 e. The van der Waals surface area contributed by atoms with Gasteiger partial charge in [0.2, 0.25) is 0 Å². The van der Waals surface area contributed by atoms with E-state index in [0.29, 0.717) is 16.9 Å². The number of hydrogen-bond acceptors (Lipinski definition) is 4. The second-order valence-electron chi connectivity index (χ2n) is 5.44. The number of benzene rings is 1. The second-order valence-corrected chi connectivity index (χ2v) is 5.83. The maximum absolute atomic E-state index is 5.95. The summed E-state index contributed by atoms with van der Waals surface area (Å²) in [4.78, 5) is 10.9. The first-order valence-electron chi connectivity index (χ1n) is 7.26. The molecule has 4 nitrogen and oxygen atoms in total. The van der Waals surface area contributed by atoms with E-state index in [0.717, 1.165) is 25.5 Å². The predicted octanol–water partition coefficient (Wildman–Crippen LogP) is 3.38. The van der Waals surface area contributed by atoms with Crippen LogP contribution in [0.1, 0.15) is 12.2 Å². The lowest BCUT2D eigenvalue weighted by Crippen LogP contribution is -2.22. The summed E-state index contributed by atoms with van der Waals surface area (Å²) in [6, 6.07) is 12.4. The average molecular weight is 303 g/mol. The standard InChI is InChI=1S/C16H19ClN4/c1-12-19-15(17)9-16(20-12)18-10-13-7-8-21(11-13)14-5-3-2-4-6-14/h2-6,9,13H,7-8,10-11H2,1H3,(H,18,19,20)/t13-/m1/s1. The van der Waals surface area contributed by atoms with Crippen LogP contribution >= 0.6 is 11.6 Å². The normalized spacial score (nSPS) is 18.0. The van der Waals surface area contributed by atoms with E-state index in [2.05, 4.69) is 50.5 Å². The van der Waals surface area contributed by atoms with Gasteiger partial charge in [-0.3, -0.25) is 0 Å². The van der Waals surface area contributed by atoms with E-state index in [1.54, 1.807) is 6.07 Å². The molecule has 1 atom stereocenters. The molecule has 1 N–H and O–H groups in total. The Balaban J connectivity index is 1.55. The molecular formula is C16H19ClN4. The van der Waals surface area contributed by atoms with Crippen molar-refractivity contribution in [1.29, 1.82) is 0 Å². The molecule has 0 saturated carbocycles. The van der Waals surface area contributed by atoms with Crippen LogP contribution < -0.4 is 10.2 Å². The lowest BCUT2D eigenvalue weighted by molar-refractivity contribution is 0.621. The monoisotopic (exact) mass is 302 g/mol. The first kappa shape index (κ1) is 14.1. The minimum Gasteiger partial charge on any atom is -0.371 e. The van der Waals surface area contributed by atoms with Gasteiger partial charge in [0, 0.05) is 31.4 Å². The third-order valence-corrected chi connectivity index (χ3v) is 3.98. The van der Waals surface area contributed by atoms with Crippen molar-refractivity contribution in [2.75, 3.05) is 29.9 Å². The van der Waals surface area contributed by atoms with Gasteiger partial charge in [-0.15, -0.1) is 0 Å². The van der Waals surface area contributed by atoms with Crippen molar-refractivity contribution in [2.45, 2.75) is 13.3 Å². The van der Waals surface area contributed by atoms with Gasteiger partial charge in [-0.25, -0.2) is 9.97 Å². The fraction of sp³-hybridized carbons (Fsp3) is 0.375. The number of halogens is 1. The topological polar surface area (TPSA) is 41.1 Å². The highest BCUT2D eigenvalue weighted by atomic mass is 35.5. The van der Waals surface area contributed by atoms with Crippen LogP contribution in [0.25, 0.3) is 0 Å². The summed E-state index contributed by atoms with van der Waals surface area (Å²) in [5.74, 6) is 2.13. The Morgan fingerprint density at radius 2 is 2.10 bits per heavy atom. The van der Waals surface area contributed by atoms with E-state index >= 15 is 0 Å². The number of anilines is 2. The summed E-state index contributed by atoms with van der Waals surface area (Å²) >= 11 is 5.95. The van der Waals surface area contributed by atoms with Crippen LogP contribution in [0.15, 0.2) is 36.4 Å². The molecule has 1 aromatic heterocycles. The minimum atomic E-state index is 0.488. The molecule has 0 spiro atoms. The molecule has 110 valence electrons. The number of aryl methyl sites for hydroxylation is 1. The molecule has 3 rings (SSSR count). The average Bonchev–Trinajstić information content (AvgIpc) is 2.94. The summed E-state index contributed by atoms with van der Waals surface area (Å²) in [7, 11) is 0. The zero-order valence-electron chi connectivity index (χ0n) is 12.1. The molecule has 1 saturated heterocycles. The number of aromatic nitrogens is 2. The zero-order valence-corrected chi connectivity index (χ0v) is 12.8. The number of rotatable bonds is 4. The van der Waals surface area contributed by atoms with E-state index in [9.17, 15) is 0 Å². The van der Waals surface area contributed by atoms with Crippen molar-refractivity contribution >= 4 is 23.1 Å². The maximum Gasteiger partial charge on any atom is 0.134 e. The smallest absolute Gasteiger partial charge is 0.134 e. The zero-order chi connectivity index (χ0) is 14.7. The third-order valence-electron chi connectivity index (χ3n) is 3.79. The SMILES string of the molecule is Cc1nc(Cl)cc(NC[C@H]2CCN(c3ccccc3)C2)n1. The van der Waals surface area contributed by atoms with Crippen molar-refractivity contribution in [3.63, 3.8) is 0 Å². The molecule has 2 heterocycles. The van der Waals surface area contributed by atoms with Crippen LogP contribution in [0.5, 0.6) is 0 Å². The van der Waals surface area contributed by atoms with Crippen molar-refractivity contribution in [3.05, 3.63) is 47.4 Å². The Labute approximate surface area is 130 Å². The Bertz CT molecular complexity index is 582. The highest BCUT2D eigenvalue weighted by Gasteiger charge is 2.22. The summed E-state index contributed by atoms with van der Waals surface area (Å²) in [6.07, 6.45) is 1.19. The predicted molar refractivity (Wildman–Crippen MR) is 87.0 cm³/mol. The van der Waals surface area contributed by atoms with E-state index in [4.69, 9.17) is 11.6 Å². The molecule has 5 heteroatoms. The number of hydrogen-bond donors (Lipinski definition) is 1. The van der Waals surface area contributed by atoms with E-state index in [1.807, 2.05) is 6.92 Å². The molecule has 0 amide bonds. The van der Waals surface area contributed by atoms with Gasteiger partial charge in [-0.2, -0.15) is 0 Å². The number of nitrogens with one attached hydrogen (secondary N) is 1. The first-order chi connectivity index (χ1) is 10.2. The third kappa shape index (κ3) is 3.64. The Morgan fingerprint density at radius 3 is 2.86 bits per heavy atom. The van der Waals surface area contributed by atoms with Crippen molar-refractivity contribution in [1.82, 2.24) is 9.97 Å². The Kier molecular flexibility index (Phi) is 4.25. The maximum atomic E-state index is 5.95. The van der Waals surface area contributed by atoms with Crippen molar-refractivity contribution in [2.24, 2.45) is 5.92 Å². The molecule has 1 aliphatic rings. The molecule has 0 radical (unpaired) electrons. The van der Waals surface area contributed by atoms with Crippen molar-refractivity contribution in [3.8, 4) is 0 Å². The molecule has 21 heavy (non-hydrogen) atoms. The number of para-hydroxylation sites is 1. The molecule has 0 bridgehead atoms. The van der Waals surface area contributed by atoms with Crippen LogP contribution in [-0.4, -0.2) is 29.6 Å². The fourth-order valence-corrected chi connectivity index (χ4v) is 2.97. The van der Waals surface area contributed by atoms with Gasteiger partial charge in [-0.05, 0) is 31.4 Å². The van der Waals surface area contributed by atoms with Crippen LogP contribution in [-0.2, 0) is 0 Å². The summed E-state index contributed by atoms with van der Waals surface area (Å²) in [5.41, 5.74) is 1.31. The Morgan fingerprint density at radius 1 is 1.29 bits per heavy atom. The molecule has 2 aromatic rings. The van der Waals surface area contributed by atoms with Gasteiger partial charge in [0.05, 0.1) is 0 Å². The minimum absolute atomic E-state index is 0.488. The second kappa shape index (κ2) is 6.31. The van der Waals surface area contributed by atoms with Crippen LogP contribution in [0.3, 0.4) is 0 Å². The van der Waals surface area contributed by atoms with Crippen LogP contribution in [0, 0.1) is 12.8 Å². The molecule has 0 aliphatic carbocycles. The van der Waals surface area contributed by atoms with E-state index < -0.39 is 0 Å². The molecule has 1 aromatic carbocycles. The quantitative estimate of drug-likeness (QED) is 0.879. The van der Waals surface area contributed by atoms with Gasteiger partial charge >= 0.3 is 0 Å². The first-order valence-corrected chi connectivity index (χ1v) is 7.63. The van der Waals surface area contributed by atoms with Gasteiger partial charge in [0.15, 0.2) is 0 Å². The van der Waals surface area contributed by atoms with Gasteiger partial charge in [0.1, 0.15) is 16.8 Å². The Hall–Kier alpha value is -1.81. The lowest BCUT2D eigenvalue weighted by atomic mass is 10.1. The van der Waals surface area contributed by atoms with E-state index in [1.165, 1.54) is 12.1 Å². The van der Waals surface area contributed by atoms with Gasteiger partial charge < -0.3 is 10.2 Å². The van der Waals surface area contributed by atoms with Gasteiger partial charge in [-0.1, -0.05) is 29.8 Å². The van der Waals surface area contributed by atoms with Gasteiger partial charge in [0.25, 0.3) is 0 Å². The van der Waals surface area contributed by atoms with Crippen LogP contribution in [0.2, 0.25) is 5.15 Å². The molecule has 1 fully saturated rings. The summed E-state index contributed by atoms with van der Waals surface area (Å²) in [5, 5.41) is 3.87. The summed E-state index contributed by atoms with van der Waals surface area (Å²) < 4.78 is 0.